The van der Waals surface area contributed by atoms with E-state index in [1.54, 1.807) is 4.90 Å². The average Bonchev–Trinajstić information content (AvgIpc) is 2.86. The summed E-state index contributed by atoms with van der Waals surface area (Å²) < 4.78 is 0. The zero-order valence-electron chi connectivity index (χ0n) is 11.6. The number of amides is 1. The van der Waals surface area contributed by atoms with Crippen molar-refractivity contribution in [2.24, 2.45) is 11.7 Å². The van der Waals surface area contributed by atoms with Crippen molar-refractivity contribution in [3.63, 3.8) is 0 Å². The fourth-order valence-electron chi connectivity index (χ4n) is 2.69. The molecule has 0 aliphatic carbocycles. The second-order valence-corrected chi connectivity index (χ2v) is 5.35. The summed E-state index contributed by atoms with van der Waals surface area (Å²) in [5, 5.41) is 0. The van der Waals surface area contributed by atoms with Crippen LogP contribution in [-0.4, -0.2) is 48.9 Å². The zero-order chi connectivity index (χ0) is 13.7. The molecule has 4 nitrogen and oxygen atoms in total. The molecule has 0 unspecified atom stereocenters. The highest BCUT2D eigenvalue weighted by Crippen LogP contribution is 2.19. The minimum Gasteiger partial charge on any atom is -0.344 e. The first-order chi connectivity index (χ1) is 9.19. The summed E-state index contributed by atoms with van der Waals surface area (Å²) in [5.41, 5.74) is 6.73. The first-order valence-electron chi connectivity index (χ1n) is 6.89. The summed E-state index contributed by atoms with van der Waals surface area (Å²) in [7, 11) is 1.84. The number of carbonyl (C=O) groups excluding carboxylic acids is 1. The molecule has 2 rings (SSSR count). The molecule has 2 N–H and O–H groups in total. The Hall–Kier alpha value is -1.39. The maximum Gasteiger partial charge on any atom is 0.236 e. The molecule has 1 saturated heterocycles. The molecule has 1 heterocycles. The Bertz CT molecular complexity index is 407. The number of carbonyl (C=O) groups is 1. The molecule has 0 radical (unpaired) electrons. The van der Waals surface area contributed by atoms with Gasteiger partial charge in [0.25, 0.3) is 0 Å². The highest BCUT2D eigenvalue weighted by molar-refractivity contribution is 5.77. The number of rotatable bonds is 5. The van der Waals surface area contributed by atoms with Crippen LogP contribution in [-0.2, 0) is 11.3 Å². The number of hydrogen-bond acceptors (Lipinski definition) is 3. The van der Waals surface area contributed by atoms with Crippen molar-refractivity contribution in [3.8, 4) is 0 Å². The molecule has 1 aromatic rings. The molecular weight excluding hydrogens is 238 g/mol. The van der Waals surface area contributed by atoms with Crippen LogP contribution >= 0.6 is 0 Å². The first-order valence-corrected chi connectivity index (χ1v) is 6.89. The molecule has 1 aliphatic heterocycles. The third kappa shape index (κ3) is 4.04. The van der Waals surface area contributed by atoms with Gasteiger partial charge in [-0.2, -0.15) is 0 Å². The van der Waals surface area contributed by atoms with Gasteiger partial charge in [0.1, 0.15) is 0 Å². The van der Waals surface area contributed by atoms with Gasteiger partial charge in [-0.05, 0) is 24.4 Å². The largest absolute Gasteiger partial charge is 0.344 e. The maximum absolute atomic E-state index is 11.5. The summed E-state index contributed by atoms with van der Waals surface area (Å²) in [6, 6.07) is 10.5. The van der Waals surface area contributed by atoms with Crippen LogP contribution in [0.3, 0.4) is 0 Å². The molecule has 1 amide bonds. The van der Waals surface area contributed by atoms with Crippen molar-refractivity contribution in [1.29, 1.82) is 0 Å². The Kier molecular flexibility index (Phi) is 4.93. The predicted octanol–water partition coefficient (Wildman–Crippen LogP) is 0.926. The molecule has 1 fully saturated rings. The average molecular weight is 261 g/mol. The van der Waals surface area contributed by atoms with Gasteiger partial charge in [-0.25, -0.2) is 0 Å². The third-order valence-electron chi connectivity index (χ3n) is 3.75. The van der Waals surface area contributed by atoms with E-state index in [2.05, 4.69) is 29.2 Å². The minimum absolute atomic E-state index is 0.0292. The molecule has 0 bridgehead atoms. The minimum atomic E-state index is 0.0292. The smallest absolute Gasteiger partial charge is 0.236 e. The van der Waals surface area contributed by atoms with Gasteiger partial charge in [-0.15, -0.1) is 0 Å². The molecule has 0 saturated carbocycles. The molecule has 1 aromatic carbocycles. The van der Waals surface area contributed by atoms with Crippen molar-refractivity contribution >= 4 is 5.91 Å². The third-order valence-corrected chi connectivity index (χ3v) is 3.75. The predicted molar refractivity (Wildman–Crippen MR) is 76.5 cm³/mol. The normalized spacial score (nSPS) is 19.6. The van der Waals surface area contributed by atoms with E-state index in [1.165, 1.54) is 5.56 Å². The van der Waals surface area contributed by atoms with E-state index in [9.17, 15) is 4.79 Å². The van der Waals surface area contributed by atoms with Gasteiger partial charge in [0.05, 0.1) is 6.54 Å². The quantitative estimate of drug-likeness (QED) is 0.857. The van der Waals surface area contributed by atoms with Gasteiger partial charge in [-0.3, -0.25) is 9.69 Å². The highest BCUT2D eigenvalue weighted by Gasteiger charge is 2.24. The Morgan fingerprint density at radius 1 is 1.42 bits per heavy atom. The maximum atomic E-state index is 11.5. The number of nitrogens with two attached hydrogens (primary N) is 1. The molecule has 19 heavy (non-hydrogen) atoms. The Balaban J connectivity index is 1.79. The van der Waals surface area contributed by atoms with E-state index in [4.69, 9.17) is 5.73 Å². The number of likely N-dealkylation sites (tertiary alicyclic amines) is 1. The summed E-state index contributed by atoms with van der Waals surface area (Å²) in [6.45, 7) is 4.12. The number of benzene rings is 1. The highest BCUT2D eigenvalue weighted by atomic mass is 16.2. The molecule has 104 valence electrons. The van der Waals surface area contributed by atoms with Crippen LogP contribution in [0.4, 0.5) is 0 Å². The fraction of sp³-hybridized carbons (Fsp3) is 0.533. The lowest BCUT2D eigenvalue weighted by Crippen LogP contribution is -2.36. The lowest BCUT2D eigenvalue weighted by Gasteiger charge is -2.21. The van der Waals surface area contributed by atoms with E-state index in [-0.39, 0.29) is 12.5 Å². The van der Waals surface area contributed by atoms with Crippen LogP contribution in [0.15, 0.2) is 30.3 Å². The summed E-state index contributed by atoms with van der Waals surface area (Å²) >= 11 is 0. The van der Waals surface area contributed by atoms with Gasteiger partial charge >= 0.3 is 0 Å². The van der Waals surface area contributed by atoms with Crippen molar-refractivity contribution in [3.05, 3.63) is 35.9 Å². The van der Waals surface area contributed by atoms with Crippen LogP contribution in [0, 0.1) is 5.92 Å². The first kappa shape index (κ1) is 14.0. The van der Waals surface area contributed by atoms with E-state index < -0.39 is 0 Å². The molecule has 1 aliphatic rings. The molecule has 0 aromatic heterocycles. The summed E-state index contributed by atoms with van der Waals surface area (Å²) in [6.07, 6.45) is 1.16. The summed E-state index contributed by atoms with van der Waals surface area (Å²) in [4.78, 5) is 15.7. The SMILES string of the molecule is CN(C[C@@H]1CCN(Cc2ccccc2)C1)C(=O)CN. The number of nitrogens with zero attached hydrogens (tertiary/aromatic N) is 2. The number of likely N-dealkylation sites (N-methyl/N-ethyl adjacent to an activating group) is 1. The van der Waals surface area contributed by atoms with E-state index in [1.807, 2.05) is 13.1 Å². The lowest BCUT2D eigenvalue weighted by molar-refractivity contribution is -0.128. The van der Waals surface area contributed by atoms with E-state index >= 15 is 0 Å². The molecule has 0 spiro atoms. The number of hydrogen-bond donors (Lipinski definition) is 1. The van der Waals surface area contributed by atoms with Crippen LogP contribution in [0.25, 0.3) is 0 Å². The Morgan fingerprint density at radius 2 is 2.16 bits per heavy atom. The molecule has 4 heteroatoms. The van der Waals surface area contributed by atoms with Gasteiger partial charge in [0.15, 0.2) is 0 Å². The second-order valence-electron chi connectivity index (χ2n) is 5.35. The molecular formula is C15H23N3O. The van der Waals surface area contributed by atoms with Crippen LogP contribution < -0.4 is 5.73 Å². The van der Waals surface area contributed by atoms with Crippen molar-refractivity contribution in [1.82, 2.24) is 9.80 Å². The van der Waals surface area contributed by atoms with Crippen LogP contribution in [0.1, 0.15) is 12.0 Å². The molecule has 1 atom stereocenters. The van der Waals surface area contributed by atoms with Crippen molar-refractivity contribution < 1.29 is 4.79 Å². The van der Waals surface area contributed by atoms with Gasteiger partial charge in [0, 0.05) is 26.7 Å². The van der Waals surface area contributed by atoms with Crippen molar-refractivity contribution in [2.75, 3.05) is 33.2 Å². The van der Waals surface area contributed by atoms with Gasteiger partial charge < -0.3 is 10.6 Å². The topological polar surface area (TPSA) is 49.6 Å². The Morgan fingerprint density at radius 3 is 2.84 bits per heavy atom. The summed E-state index contributed by atoms with van der Waals surface area (Å²) in [5.74, 6) is 0.603. The second kappa shape index (κ2) is 6.68. The van der Waals surface area contributed by atoms with E-state index in [0.717, 1.165) is 32.6 Å². The van der Waals surface area contributed by atoms with Crippen molar-refractivity contribution in [2.45, 2.75) is 13.0 Å². The lowest BCUT2D eigenvalue weighted by atomic mass is 10.1. The van der Waals surface area contributed by atoms with Gasteiger partial charge in [0.2, 0.25) is 5.91 Å². The van der Waals surface area contributed by atoms with E-state index in [0.29, 0.717) is 5.92 Å². The van der Waals surface area contributed by atoms with Crippen LogP contribution in [0.5, 0.6) is 0 Å². The standard InChI is InChI=1S/C15H23N3O/c1-17(15(19)9-16)10-14-7-8-18(12-14)11-13-5-3-2-4-6-13/h2-6,14H,7-12,16H2,1H3/t14-/m0/s1. The monoisotopic (exact) mass is 261 g/mol. The van der Waals surface area contributed by atoms with Gasteiger partial charge in [-0.1, -0.05) is 30.3 Å². The zero-order valence-corrected chi connectivity index (χ0v) is 11.6. The Labute approximate surface area is 115 Å². The van der Waals surface area contributed by atoms with Crippen LogP contribution in [0.2, 0.25) is 0 Å². The fourth-order valence-corrected chi connectivity index (χ4v) is 2.69.